The molecule has 0 bridgehead atoms. The minimum absolute atomic E-state index is 0.147. The van der Waals surface area contributed by atoms with Gasteiger partial charge in [0, 0.05) is 11.5 Å². The second kappa shape index (κ2) is 18.4. The smallest absolute Gasteiger partial charge is 0.241 e. The Morgan fingerprint density at radius 2 is 1.12 bits per heavy atom. The van der Waals surface area contributed by atoms with Crippen LogP contribution in [-0.2, 0) is 26.6 Å². The van der Waals surface area contributed by atoms with Crippen molar-refractivity contribution >= 4 is 20.0 Å². The normalized spacial score (nSPS) is 16.8. The van der Waals surface area contributed by atoms with Crippen LogP contribution < -0.4 is 4.57 Å². The Kier molecular flexibility index (Phi) is 16.8. The van der Waals surface area contributed by atoms with Gasteiger partial charge in [0.2, 0.25) is 6.33 Å². The minimum Gasteiger partial charge on any atom is -0.436 e. The molecule has 0 atom stereocenters. The van der Waals surface area contributed by atoms with Crippen molar-refractivity contribution in [1.82, 2.24) is 4.98 Å². The van der Waals surface area contributed by atoms with Gasteiger partial charge in [0.25, 0.3) is 0 Å². The first-order valence-corrected chi connectivity index (χ1v) is 16.3. The van der Waals surface area contributed by atoms with Gasteiger partial charge in [-0.15, -0.1) is 0 Å². The molecule has 7 nitrogen and oxygen atoms in total. The Bertz CT molecular complexity index is 747. The van der Waals surface area contributed by atoms with Crippen molar-refractivity contribution < 1.29 is 21.4 Å². The number of H-pyrrole nitrogens is 1. The number of unbranched alkanes of at least 4 members (excludes halogenated alkanes) is 15. The summed E-state index contributed by atoms with van der Waals surface area (Å²) < 4.78 is 47.0. The zero-order chi connectivity index (χ0) is 24.3. The van der Waals surface area contributed by atoms with E-state index in [1.807, 2.05) is 12.5 Å². The highest BCUT2D eigenvalue weighted by Gasteiger charge is 2.14. The quantitative estimate of drug-likeness (QED) is 0.207. The van der Waals surface area contributed by atoms with E-state index in [4.69, 9.17) is 0 Å². The highest BCUT2D eigenvalue weighted by Crippen LogP contribution is 2.18. The molecule has 0 aromatic carbocycles. The number of nitrogens with one attached hydrogen (secondary N) is 1. The maximum atomic E-state index is 10.5. The maximum Gasteiger partial charge on any atom is 0.241 e. The Labute approximate surface area is 203 Å². The van der Waals surface area contributed by atoms with E-state index < -0.39 is 20.0 Å². The van der Waals surface area contributed by atoms with E-state index in [0.29, 0.717) is 0 Å². The van der Waals surface area contributed by atoms with Crippen molar-refractivity contribution in [2.24, 2.45) is 0 Å². The number of rotatable bonds is 17. The van der Waals surface area contributed by atoms with Crippen molar-refractivity contribution in [3.63, 3.8) is 0 Å². The van der Waals surface area contributed by atoms with E-state index in [1.54, 1.807) is 0 Å². The molecule has 0 spiro atoms. The van der Waals surface area contributed by atoms with E-state index in [2.05, 4.69) is 26.8 Å². The highest BCUT2D eigenvalue weighted by molar-refractivity contribution is 8.12. The predicted molar refractivity (Wildman–Crippen MR) is 136 cm³/mol. The van der Waals surface area contributed by atoms with Gasteiger partial charge in [-0.2, -0.15) is 0 Å². The fourth-order valence-corrected chi connectivity index (χ4v) is 7.15. The zero-order valence-corrected chi connectivity index (χ0v) is 22.4. The summed E-state index contributed by atoms with van der Waals surface area (Å²) in [7, 11) is -7.31. The van der Waals surface area contributed by atoms with Crippen LogP contribution in [0.25, 0.3) is 4.13 Å². The Morgan fingerprint density at radius 1 is 0.697 bits per heavy atom. The molecule has 1 aliphatic heterocycles. The monoisotopic (exact) mass is 505 g/mol. The summed E-state index contributed by atoms with van der Waals surface area (Å²) in [6.45, 7) is 3.46. The first-order valence-electron chi connectivity index (χ1n) is 13.1. The van der Waals surface area contributed by atoms with Gasteiger partial charge in [-0.05, 0) is 19.3 Å². The molecule has 9 heteroatoms. The number of imidazole rings is 1. The molecular formula is C24H47N3O4S2. The summed E-state index contributed by atoms with van der Waals surface area (Å²) in [5.41, 5.74) is 0. The Balaban J connectivity index is 0.000000451. The molecule has 33 heavy (non-hydrogen) atoms. The van der Waals surface area contributed by atoms with E-state index in [1.165, 1.54) is 109 Å². The second-order valence-corrected chi connectivity index (χ2v) is 12.9. The summed E-state index contributed by atoms with van der Waals surface area (Å²) in [6.07, 6.45) is 29.4. The fourth-order valence-electron chi connectivity index (χ4n) is 3.97. The third kappa shape index (κ3) is 18.1. The van der Waals surface area contributed by atoms with Crippen molar-refractivity contribution in [2.75, 3.05) is 11.5 Å². The third-order valence-electron chi connectivity index (χ3n) is 5.90. The van der Waals surface area contributed by atoms with Crippen LogP contribution in [0.4, 0.5) is 0 Å². The van der Waals surface area contributed by atoms with Crippen LogP contribution in [-0.4, -0.2) is 33.3 Å². The minimum atomic E-state index is -3.65. The second-order valence-electron chi connectivity index (χ2n) is 9.15. The van der Waals surface area contributed by atoms with Crippen molar-refractivity contribution in [3.05, 3.63) is 22.8 Å². The summed E-state index contributed by atoms with van der Waals surface area (Å²) >= 11 is 0. The number of hydrogen-bond acceptors (Lipinski definition) is 4. The van der Waals surface area contributed by atoms with E-state index in [-0.39, 0.29) is 17.9 Å². The number of sulfonamides is 2. The van der Waals surface area contributed by atoms with Crippen molar-refractivity contribution in [1.29, 1.82) is 0 Å². The Morgan fingerprint density at radius 3 is 1.45 bits per heavy atom. The van der Waals surface area contributed by atoms with Crippen molar-refractivity contribution in [3.8, 4) is 0 Å². The zero-order valence-electron chi connectivity index (χ0n) is 20.7. The molecule has 1 fully saturated rings. The lowest BCUT2D eigenvalue weighted by atomic mass is 10.0. The molecule has 194 valence electrons. The van der Waals surface area contributed by atoms with Crippen LogP contribution in [0, 0.1) is 0 Å². The molecule has 0 unspecified atom stereocenters. The standard InChI is InChI=1S/C21H40N2.C3H6NO4S2/c1-2-3-4-5-6-7-8-9-10-11-12-13-14-15-16-17-19-23-20-18-22-21-23;5-9(6)2-1-3-10(7,8)4-9/h18,20-21H,2-17,19H2,1H3;1-3H2/q;-1/p+1. The van der Waals surface area contributed by atoms with Gasteiger partial charge in [-0.25, -0.2) is 21.4 Å². The number of aryl methyl sites for hydroxylation is 1. The summed E-state index contributed by atoms with van der Waals surface area (Å²) in [5, 5.41) is 0. The molecule has 2 rings (SSSR count). The average molecular weight is 506 g/mol. The summed E-state index contributed by atoms with van der Waals surface area (Å²) in [5.74, 6) is -0.293. The van der Waals surface area contributed by atoms with Gasteiger partial charge in [-0.1, -0.05) is 96.8 Å². The third-order valence-corrected chi connectivity index (χ3v) is 9.33. The van der Waals surface area contributed by atoms with E-state index in [9.17, 15) is 16.8 Å². The molecule has 2 heterocycles. The van der Waals surface area contributed by atoms with Crippen LogP contribution in [0.1, 0.15) is 116 Å². The van der Waals surface area contributed by atoms with Crippen LogP contribution in [0.2, 0.25) is 0 Å². The highest BCUT2D eigenvalue weighted by atomic mass is 32.3. The molecule has 1 N–H and O–H groups in total. The number of nitrogens with zero attached hydrogens (tertiary/aromatic N) is 2. The van der Waals surface area contributed by atoms with Crippen LogP contribution in [0.3, 0.4) is 0 Å². The van der Waals surface area contributed by atoms with Crippen LogP contribution in [0.5, 0.6) is 0 Å². The number of hydrogen-bond donors (Lipinski definition) is 1. The van der Waals surface area contributed by atoms with Gasteiger partial charge >= 0.3 is 0 Å². The lowest BCUT2D eigenvalue weighted by molar-refractivity contribution is -0.696. The van der Waals surface area contributed by atoms with Gasteiger partial charge < -0.3 is 4.13 Å². The lowest BCUT2D eigenvalue weighted by Crippen LogP contribution is -2.30. The topological polar surface area (TPSA) is 102 Å². The SMILES string of the molecule is CCCCCCCCCCCCCCCCCC[n+]1cc[nH]c1.O=S1(=O)CCCS(=O)(=O)[N-]1. The Hall–Kier alpha value is -0.930. The van der Waals surface area contributed by atoms with Crippen LogP contribution >= 0.6 is 0 Å². The van der Waals surface area contributed by atoms with Gasteiger partial charge in [0.05, 0.1) is 26.6 Å². The first-order chi connectivity index (χ1) is 15.8. The largest absolute Gasteiger partial charge is 0.436 e. The molecule has 1 saturated heterocycles. The fraction of sp³-hybridized carbons (Fsp3) is 0.875. The van der Waals surface area contributed by atoms with Gasteiger partial charge in [0.15, 0.2) is 0 Å². The molecule has 0 radical (unpaired) electrons. The number of aromatic amines is 1. The summed E-state index contributed by atoms with van der Waals surface area (Å²) in [6, 6.07) is 0. The van der Waals surface area contributed by atoms with Gasteiger partial charge in [0.1, 0.15) is 12.4 Å². The molecule has 0 saturated carbocycles. The van der Waals surface area contributed by atoms with E-state index in [0.717, 1.165) is 0 Å². The van der Waals surface area contributed by atoms with Gasteiger partial charge in [-0.3, -0.25) is 4.98 Å². The maximum absolute atomic E-state index is 10.5. The van der Waals surface area contributed by atoms with Crippen LogP contribution in [0.15, 0.2) is 18.7 Å². The lowest BCUT2D eigenvalue weighted by Gasteiger charge is -2.25. The predicted octanol–water partition coefficient (Wildman–Crippen LogP) is 5.99. The number of aromatic nitrogens is 2. The summed E-state index contributed by atoms with van der Waals surface area (Å²) in [4.78, 5) is 3.10. The first kappa shape index (κ1) is 30.1. The molecule has 1 aliphatic rings. The molecule has 0 aliphatic carbocycles. The molecule has 1 aromatic heterocycles. The van der Waals surface area contributed by atoms with E-state index >= 15 is 0 Å². The molecule has 1 aromatic rings. The average Bonchev–Trinajstić information content (AvgIpc) is 3.26. The van der Waals surface area contributed by atoms with Crippen molar-refractivity contribution in [2.45, 2.75) is 123 Å². The molecule has 0 amide bonds. The molecular weight excluding hydrogens is 458 g/mol.